The number of halogens is 1. The fourth-order valence-corrected chi connectivity index (χ4v) is 1.83. The van der Waals surface area contributed by atoms with Gasteiger partial charge in [-0.2, -0.15) is 0 Å². The second-order valence-corrected chi connectivity index (χ2v) is 5.36. The summed E-state index contributed by atoms with van der Waals surface area (Å²) >= 11 is 3.51. The summed E-state index contributed by atoms with van der Waals surface area (Å²) in [4.78, 5) is 11.6. The zero-order valence-corrected chi connectivity index (χ0v) is 11.8. The van der Waals surface area contributed by atoms with Gasteiger partial charge in [0.2, 0.25) is 5.91 Å². The maximum Gasteiger partial charge on any atom is 0.224 e. The van der Waals surface area contributed by atoms with E-state index in [0.29, 0.717) is 12.3 Å². The number of rotatable bonds is 3. The Morgan fingerprint density at radius 3 is 2.25 bits per heavy atom. The van der Waals surface area contributed by atoms with E-state index in [1.165, 1.54) is 0 Å². The molecule has 0 aliphatic carbocycles. The molecule has 0 unspecified atom stereocenters. The predicted octanol–water partition coefficient (Wildman–Crippen LogP) is 4.05. The van der Waals surface area contributed by atoms with Crippen LogP contribution in [0.15, 0.2) is 16.6 Å². The Labute approximate surface area is 106 Å². The molecule has 0 aliphatic heterocycles. The van der Waals surface area contributed by atoms with Crippen LogP contribution in [-0.4, -0.2) is 5.91 Å². The fourth-order valence-electron chi connectivity index (χ4n) is 1.60. The molecule has 88 valence electrons. The molecule has 1 N–H and O–H groups in total. The zero-order valence-electron chi connectivity index (χ0n) is 10.2. The molecular weight excluding hydrogens is 266 g/mol. The van der Waals surface area contributed by atoms with E-state index in [9.17, 15) is 4.79 Å². The van der Waals surface area contributed by atoms with Crippen LogP contribution in [0.25, 0.3) is 0 Å². The van der Waals surface area contributed by atoms with Gasteiger partial charge in [0.25, 0.3) is 0 Å². The number of nitrogens with one attached hydrogen (secondary N) is 1. The summed E-state index contributed by atoms with van der Waals surface area (Å²) < 4.78 is 1.11. The largest absolute Gasteiger partial charge is 0.326 e. The van der Waals surface area contributed by atoms with Crippen LogP contribution in [0.5, 0.6) is 0 Å². The number of benzene rings is 1. The minimum atomic E-state index is 0.0797. The van der Waals surface area contributed by atoms with Gasteiger partial charge in [-0.1, -0.05) is 29.8 Å². The monoisotopic (exact) mass is 283 g/mol. The Kier molecular flexibility index (Phi) is 4.54. The third-order valence-electron chi connectivity index (χ3n) is 2.31. The standard InChI is InChI=1S/C13H18BrNO/c1-8(2)5-12(16)15-11-6-9(3)13(14)10(4)7-11/h6-8H,5H2,1-4H3,(H,15,16). The number of hydrogen-bond acceptors (Lipinski definition) is 1. The van der Waals surface area contributed by atoms with Crippen LogP contribution in [0.1, 0.15) is 31.4 Å². The summed E-state index contributed by atoms with van der Waals surface area (Å²) in [6.45, 7) is 8.12. The number of aryl methyl sites for hydroxylation is 2. The van der Waals surface area contributed by atoms with Crippen molar-refractivity contribution in [1.29, 1.82) is 0 Å². The molecule has 16 heavy (non-hydrogen) atoms. The van der Waals surface area contributed by atoms with Crippen molar-refractivity contribution in [2.24, 2.45) is 5.92 Å². The number of hydrogen-bond donors (Lipinski definition) is 1. The average Bonchev–Trinajstić information content (AvgIpc) is 2.12. The van der Waals surface area contributed by atoms with Gasteiger partial charge in [-0.05, 0) is 43.0 Å². The first-order chi connectivity index (χ1) is 7.40. The van der Waals surface area contributed by atoms with Gasteiger partial charge in [0.1, 0.15) is 0 Å². The minimum Gasteiger partial charge on any atom is -0.326 e. The molecule has 2 nitrogen and oxygen atoms in total. The molecule has 1 rings (SSSR count). The second-order valence-electron chi connectivity index (χ2n) is 4.57. The molecule has 0 saturated carbocycles. The van der Waals surface area contributed by atoms with Crippen LogP contribution in [0.2, 0.25) is 0 Å². The van der Waals surface area contributed by atoms with Crippen LogP contribution in [0.4, 0.5) is 5.69 Å². The summed E-state index contributed by atoms with van der Waals surface area (Å²) in [6, 6.07) is 3.96. The highest BCUT2D eigenvalue weighted by atomic mass is 79.9. The van der Waals surface area contributed by atoms with Crippen molar-refractivity contribution in [3.8, 4) is 0 Å². The van der Waals surface area contributed by atoms with Gasteiger partial charge in [-0.3, -0.25) is 4.79 Å². The van der Waals surface area contributed by atoms with Gasteiger partial charge in [-0.15, -0.1) is 0 Å². The molecule has 0 atom stereocenters. The Bertz CT molecular complexity index is 376. The van der Waals surface area contributed by atoms with Crippen molar-refractivity contribution < 1.29 is 4.79 Å². The van der Waals surface area contributed by atoms with Crippen LogP contribution >= 0.6 is 15.9 Å². The molecule has 0 heterocycles. The Balaban J connectivity index is 2.79. The van der Waals surface area contributed by atoms with Gasteiger partial charge < -0.3 is 5.32 Å². The summed E-state index contributed by atoms with van der Waals surface area (Å²) in [5.41, 5.74) is 3.16. The van der Waals surface area contributed by atoms with Gasteiger partial charge in [0.15, 0.2) is 0 Å². The van der Waals surface area contributed by atoms with Gasteiger partial charge in [0, 0.05) is 16.6 Å². The molecule has 1 aromatic rings. The highest BCUT2D eigenvalue weighted by Gasteiger charge is 2.07. The molecule has 0 spiro atoms. The van der Waals surface area contributed by atoms with E-state index < -0.39 is 0 Å². The van der Waals surface area contributed by atoms with E-state index in [1.807, 2.05) is 39.8 Å². The average molecular weight is 284 g/mol. The second kappa shape index (κ2) is 5.48. The quantitative estimate of drug-likeness (QED) is 0.891. The van der Waals surface area contributed by atoms with E-state index in [1.54, 1.807) is 0 Å². The van der Waals surface area contributed by atoms with Gasteiger partial charge in [-0.25, -0.2) is 0 Å². The SMILES string of the molecule is Cc1cc(NC(=O)CC(C)C)cc(C)c1Br. The maximum absolute atomic E-state index is 11.6. The molecule has 0 saturated heterocycles. The molecule has 0 radical (unpaired) electrons. The first kappa shape index (κ1) is 13.2. The molecule has 0 fully saturated rings. The van der Waals surface area contributed by atoms with Gasteiger partial charge >= 0.3 is 0 Å². The zero-order chi connectivity index (χ0) is 12.3. The molecule has 1 aromatic carbocycles. The van der Waals surface area contributed by atoms with Crippen molar-refractivity contribution in [2.75, 3.05) is 5.32 Å². The molecule has 0 aromatic heterocycles. The molecular formula is C13H18BrNO. The van der Waals surface area contributed by atoms with Gasteiger partial charge in [0.05, 0.1) is 0 Å². The van der Waals surface area contributed by atoms with E-state index in [2.05, 4.69) is 21.2 Å². The van der Waals surface area contributed by atoms with Crippen molar-refractivity contribution in [3.05, 3.63) is 27.7 Å². The van der Waals surface area contributed by atoms with E-state index in [4.69, 9.17) is 0 Å². The highest BCUT2D eigenvalue weighted by Crippen LogP contribution is 2.25. The lowest BCUT2D eigenvalue weighted by Crippen LogP contribution is -2.14. The smallest absolute Gasteiger partial charge is 0.224 e. The van der Waals surface area contributed by atoms with Crippen LogP contribution in [0.3, 0.4) is 0 Å². The van der Waals surface area contributed by atoms with Crippen molar-refractivity contribution in [3.63, 3.8) is 0 Å². The first-order valence-electron chi connectivity index (χ1n) is 5.46. The van der Waals surface area contributed by atoms with Crippen LogP contribution in [-0.2, 0) is 4.79 Å². The number of carbonyl (C=O) groups excluding carboxylic acids is 1. The van der Waals surface area contributed by atoms with Crippen LogP contribution < -0.4 is 5.32 Å². The lowest BCUT2D eigenvalue weighted by molar-refractivity contribution is -0.116. The third-order valence-corrected chi connectivity index (χ3v) is 3.56. The highest BCUT2D eigenvalue weighted by molar-refractivity contribution is 9.10. The van der Waals surface area contributed by atoms with E-state index in [-0.39, 0.29) is 5.91 Å². The van der Waals surface area contributed by atoms with Crippen molar-refractivity contribution in [1.82, 2.24) is 0 Å². The van der Waals surface area contributed by atoms with Crippen molar-refractivity contribution >= 4 is 27.5 Å². The summed E-state index contributed by atoms with van der Waals surface area (Å²) in [7, 11) is 0. The predicted molar refractivity (Wildman–Crippen MR) is 71.7 cm³/mol. The number of anilines is 1. The molecule has 3 heteroatoms. The van der Waals surface area contributed by atoms with Crippen molar-refractivity contribution in [2.45, 2.75) is 34.1 Å². The Morgan fingerprint density at radius 2 is 1.81 bits per heavy atom. The lowest BCUT2D eigenvalue weighted by atomic mass is 10.1. The molecule has 1 amide bonds. The summed E-state index contributed by atoms with van der Waals surface area (Å²) in [5, 5.41) is 2.92. The summed E-state index contributed by atoms with van der Waals surface area (Å²) in [6.07, 6.45) is 0.564. The van der Waals surface area contributed by atoms with Crippen LogP contribution in [0, 0.1) is 19.8 Å². The normalized spacial score (nSPS) is 10.6. The van der Waals surface area contributed by atoms with E-state index in [0.717, 1.165) is 21.3 Å². The molecule has 0 bridgehead atoms. The fraction of sp³-hybridized carbons (Fsp3) is 0.462. The Morgan fingerprint density at radius 1 is 1.31 bits per heavy atom. The Hall–Kier alpha value is -0.830. The van der Waals surface area contributed by atoms with E-state index >= 15 is 0 Å². The maximum atomic E-state index is 11.6. The minimum absolute atomic E-state index is 0.0797. The molecule has 0 aliphatic rings. The third kappa shape index (κ3) is 3.63. The number of carbonyl (C=O) groups is 1. The number of amides is 1. The lowest BCUT2D eigenvalue weighted by Gasteiger charge is -2.10. The summed E-state index contributed by atoms with van der Waals surface area (Å²) in [5.74, 6) is 0.466. The topological polar surface area (TPSA) is 29.1 Å². The first-order valence-corrected chi connectivity index (χ1v) is 6.26.